The van der Waals surface area contributed by atoms with Gasteiger partial charge in [-0.1, -0.05) is 0 Å². The number of hydrogen-bond acceptors (Lipinski definition) is 5. The number of rotatable bonds is 3. The Kier molecular flexibility index (Phi) is 4.74. The first-order valence-electron chi connectivity index (χ1n) is 6.38. The molecule has 0 aromatic carbocycles. The van der Waals surface area contributed by atoms with Gasteiger partial charge in [0.15, 0.2) is 0 Å². The summed E-state index contributed by atoms with van der Waals surface area (Å²) in [7, 11) is -3.66. The summed E-state index contributed by atoms with van der Waals surface area (Å²) in [6, 6.07) is -0.907. The molecule has 0 aliphatic carbocycles. The first-order valence-corrected chi connectivity index (χ1v) is 7.78. The van der Waals surface area contributed by atoms with Crippen molar-refractivity contribution in [1.82, 2.24) is 13.9 Å². The van der Waals surface area contributed by atoms with Crippen molar-refractivity contribution in [3.8, 4) is 0 Å². The third-order valence-corrected chi connectivity index (χ3v) is 5.38. The molecule has 1 unspecified atom stereocenters. The van der Waals surface area contributed by atoms with Crippen LogP contribution < -0.4 is 11.1 Å². The highest BCUT2D eigenvalue weighted by Gasteiger charge is 2.39. The van der Waals surface area contributed by atoms with Gasteiger partial charge in [0, 0.05) is 26.2 Å². The number of amides is 1. The molecule has 2 aliphatic heterocycles. The Morgan fingerprint density at radius 1 is 1.26 bits per heavy atom. The minimum atomic E-state index is -3.66. The fraction of sp³-hybridized carbons (Fsp3) is 0.900. The van der Waals surface area contributed by atoms with Gasteiger partial charge in [0.25, 0.3) is 10.2 Å². The van der Waals surface area contributed by atoms with E-state index >= 15 is 0 Å². The van der Waals surface area contributed by atoms with Crippen molar-refractivity contribution >= 4 is 16.1 Å². The lowest BCUT2D eigenvalue weighted by Gasteiger charge is -2.35. The Hall–Kier alpha value is -0.740. The smallest absolute Gasteiger partial charge is 0.282 e. The van der Waals surface area contributed by atoms with Gasteiger partial charge in [-0.15, -0.1) is 0 Å². The third-order valence-electron chi connectivity index (χ3n) is 3.33. The SMILES string of the molecule is NC(=O)C1COCCN1S(=O)(=O)N1CCCNCC1. The molecule has 0 spiro atoms. The third kappa shape index (κ3) is 3.23. The van der Waals surface area contributed by atoms with Crippen LogP contribution >= 0.6 is 0 Å². The van der Waals surface area contributed by atoms with Crippen LogP contribution in [0.2, 0.25) is 0 Å². The Morgan fingerprint density at radius 3 is 2.79 bits per heavy atom. The average Bonchev–Trinajstić information content (AvgIpc) is 2.68. The molecule has 110 valence electrons. The lowest BCUT2D eigenvalue weighted by atomic mass is 10.3. The van der Waals surface area contributed by atoms with Crippen LogP contribution in [0.3, 0.4) is 0 Å². The molecule has 3 N–H and O–H groups in total. The molecule has 19 heavy (non-hydrogen) atoms. The van der Waals surface area contributed by atoms with Crippen molar-refractivity contribution in [3.63, 3.8) is 0 Å². The van der Waals surface area contributed by atoms with E-state index < -0.39 is 22.2 Å². The van der Waals surface area contributed by atoms with E-state index in [9.17, 15) is 13.2 Å². The largest absolute Gasteiger partial charge is 0.378 e. The second kappa shape index (κ2) is 6.14. The maximum absolute atomic E-state index is 12.6. The van der Waals surface area contributed by atoms with Gasteiger partial charge in [-0.05, 0) is 13.0 Å². The average molecular weight is 292 g/mol. The number of primary amides is 1. The molecular weight excluding hydrogens is 272 g/mol. The van der Waals surface area contributed by atoms with Gasteiger partial charge >= 0.3 is 0 Å². The number of nitrogens with two attached hydrogens (primary N) is 1. The number of nitrogens with zero attached hydrogens (tertiary/aromatic N) is 2. The summed E-state index contributed by atoms with van der Waals surface area (Å²) in [4.78, 5) is 11.4. The van der Waals surface area contributed by atoms with Crippen LogP contribution in [0.1, 0.15) is 6.42 Å². The van der Waals surface area contributed by atoms with Gasteiger partial charge in [-0.25, -0.2) is 0 Å². The summed E-state index contributed by atoms with van der Waals surface area (Å²) in [5.74, 6) is -0.670. The predicted octanol–water partition coefficient (Wildman–Crippen LogP) is -2.29. The quantitative estimate of drug-likeness (QED) is 0.609. The summed E-state index contributed by atoms with van der Waals surface area (Å²) >= 11 is 0. The topological polar surface area (TPSA) is 105 Å². The van der Waals surface area contributed by atoms with Crippen molar-refractivity contribution < 1.29 is 17.9 Å². The van der Waals surface area contributed by atoms with Crippen molar-refractivity contribution in [2.75, 3.05) is 45.9 Å². The zero-order valence-corrected chi connectivity index (χ0v) is 11.6. The summed E-state index contributed by atoms with van der Waals surface area (Å²) in [6.07, 6.45) is 0.755. The van der Waals surface area contributed by atoms with E-state index in [-0.39, 0.29) is 19.8 Å². The van der Waals surface area contributed by atoms with Gasteiger partial charge in [0.05, 0.1) is 13.2 Å². The lowest BCUT2D eigenvalue weighted by molar-refractivity contribution is -0.126. The molecule has 0 radical (unpaired) electrons. The zero-order chi connectivity index (χ0) is 13.9. The summed E-state index contributed by atoms with van der Waals surface area (Å²) < 4.78 is 32.9. The highest BCUT2D eigenvalue weighted by Crippen LogP contribution is 2.17. The molecule has 0 aromatic heterocycles. The molecule has 2 fully saturated rings. The van der Waals surface area contributed by atoms with E-state index in [0.29, 0.717) is 19.6 Å². The molecule has 9 heteroatoms. The lowest BCUT2D eigenvalue weighted by Crippen LogP contribution is -2.58. The number of carbonyl (C=O) groups is 1. The number of carbonyl (C=O) groups excluding carboxylic acids is 1. The highest BCUT2D eigenvalue weighted by atomic mass is 32.2. The maximum atomic E-state index is 12.6. The Labute approximate surface area is 113 Å². The van der Waals surface area contributed by atoms with Crippen LogP contribution in [0.5, 0.6) is 0 Å². The Morgan fingerprint density at radius 2 is 2.05 bits per heavy atom. The van der Waals surface area contributed by atoms with E-state index in [4.69, 9.17) is 10.5 Å². The van der Waals surface area contributed by atoms with Crippen LogP contribution in [0.15, 0.2) is 0 Å². The minimum absolute atomic E-state index is 0.0284. The molecule has 8 nitrogen and oxygen atoms in total. The molecule has 0 saturated carbocycles. The summed E-state index contributed by atoms with van der Waals surface area (Å²) in [5.41, 5.74) is 5.26. The molecule has 2 saturated heterocycles. The van der Waals surface area contributed by atoms with Crippen molar-refractivity contribution in [1.29, 1.82) is 0 Å². The molecule has 2 aliphatic rings. The molecule has 1 amide bonds. The van der Waals surface area contributed by atoms with Crippen LogP contribution in [-0.4, -0.2) is 74.9 Å². The normalized spacial score (nSPS) is 27.9. The first-order chi connectivity index (χ1) is 9.03. The number of morpholine rings is 1. The van der Waals surface area contributed by atoms with E-state index in [2.05, 4.69) is 5.32 Å². The van der Waals surface area contributed by atoms with Gasteiger partial charge < -0.3 is 15.8 Å². The van der Waals surface area contributed by atoms with Crippen LogP contribution in [-0.2, 0) is 19.7 Å². The Bertz CT molecular complexity index is 419. The number of ether oxygens (including phenoxy) is 1. The molecule has 0 aromatic rings. The molecule has 0 bridgehead atoms. The number of hydrogen-bond donors (Lipinski definition) is 2. The van der Waals surface area contributed by atoms with Gasteiger partial charge in [0.1, 0.15) is 6.04 Å². The molecule has 2 rings (SSSR count). The van der Waals surface area contributed by atoms with Gasteiger partial charge in [0.2, 0.25) is 5.91 Å². The van der Waals surface area contributed by atoms with E-state index in [1.54, 1.807) is 0 Å². The highest BCUT2D eigenvalue weighted by molar-refractivity contribution is 7.86. The standard InChI is InChI=1S/C10H20N4O4S/c11-10(15)9-8-18-7-6-14(9)19(16,17)13-4-1-2-12-3-5-13/h9,12H,1-8H2,(H2,11,15). The molecular formula is C10H20N4O4S. The second-order valence-electron chi connectivity index (χ2n) is 4.61. The first kappa shape index (κ1) is 14.7. The van der Waals surface area contributed by atoms with Crippen LogP contribution in [0.4, 0.5) is 0 Å². The van der Waals surface area contributed by atoms with Crippen molar-refractivity contribution in [2.24, 2.45) is 5.73 Å². The van der Waals surface area contributed by atoms with Crippen LogP contribution in [0, 0.1) is 0 Å². The molecule has 2 heterocycles. The fourth-order valence-electron chi connectivity index (χ4n) is 2.29. The summed E-state index contributed by atoms with van der Waals surface area (Å²) in [6.45, 7) is 2.76. The Balaban J connectivity index is 2.18. The number of nitrogens with one attached hydrogen (secondary N) is 1. The fourth-order valence-corrected chi connectivity index (χ4v) is 4.06. The molecule has 1 atom stereocenters. The van der Waals surface area contributed by atoms with E-state index in [1.165, 1.54) is 8.61 Å². The van der Waals surface area contributed by atoms with Crippen LogP contribution in [0.25, 0.3) is 0 Å². The van der Waals surface area contributed by atoms with E-state index in [0.717, 1.165) is 13.0 Å². The van der Waals surface area contributed by atoms with Crippen molar-refractivity contribution in [3.05, 3.63) is 0 Å². The van der Waals surface area contributed by atoms with Gasteiger partial charge in [-0.2, -0.15) is 17.0 Å². The van der Waals surface area contributed by atoms with Crippen molar-refractivity contribution in [2.45, 2.75) is 12.5 Å². The predicted molar refractivity (Wildman–Crippen MR) is 68.5 cm³/mol. The minimum Gasteiger partial charge on any atom is -0.378 e. The second-order valence-corrected chi connectivity index (χ2v) is 6.50. The maximum Gasteiger partial charge on any atom is 0.282 e. The van der Waals surface area contributed by atoms with E-state index in [1.807, 2.05) is 0 Å². The summed E-state index contributed by atoms with van der Waals surface area (Å²) in [5, 5.41) is 3.15. The monoisotopic (exact) mass is 292 g/mol. The zero-order valence-electron chi connectivity index (χ0n) is 10.7. The van der Waals surface area contributed by atoms with Gasteiger partial charge in [-0.3, -0.25) is 4.79 Å².